The molecule has 24 heavy (non-hydrogen) atoms. The first-order valence-corrected chi connectivity index (χ1v) is 8.82. The van der Waals surface area contributed by atoms with Crippen molar-refractivity contribution in [3.8, 4) is 0 Å². The van der Waals surface area contributed by atoms with E-state index in [4.69, 9.17) is 4.74 Å². The lowest BCUT2D eigenvalue weighted by atomic mass is 10.0. The molecule has 1 saturated carbocycles. The second-order valence-electron chi connectivity index (χ2n) is 6.93. The normalized spacial score (nSPS) is 26.3. The summed E-state index contributed by atoms with van der Waals surface area (Å²) in [6.45, 7) is 2.76. The second-order valence-corrected chi connectivity index (χ2v) is 7.66. The third-order valence-corrected chi connectivity index (χ3v) is 5.39. The Labute approximate surface area is 144 Å². The quantitative estimate of drug-likeness (QED) is 0.840. The minimum atomic E-state index is -1.55. The minimum Gasteiger partial charge on any atom is -0.395 e. The van der Waals surface area contributed by atoms with Gasteiger partial charge in [0.1, 0.15) is 12.3 Å². The number of alkyl halides is 1. The van der Waals surface area contributed by atoms with Crippen molar-refractivity contribution in [2.75, 3.05) is 44.8 Å². The molecule has 1 saturated heterocycles. The van der Waals surface area contributed by atoms with Crippen molar-refractivity contribution in [1.82, 2.24) is 14.3 Å². The molecule has 1 aromatic heterocycles. The number of carbonyl (C=O) groups is 1. The van der Waals surface area contributed by atoms with E-state index in [9.17, 15) is 14.3 Å². The van der Waals surface area contributed by atoms with Crippen molar-refractivity contribution in [2.24, 2.45) is 5.41 Å². The number of methoxy groups -OCH3 is 1. The van der Waals surface area contributed by atoms with Crippen molar-refractivity contribution in [3.05, 3.63) is 5.82 Å². The Hall–Kier alpha value is -1.32. The summed E-state index contributed by atoms with van der Waals surface area (Å²) in [7, 11) is 1.57. The van der Waals surface area contributed by atoms with E-state index in [-0.39, 0.29) is 25.6 Å². The van der Waals surface area contributed by atoms with Crippen LogP contribution in [-0.4, -0.2) is 70.8 Å². The standard InChI is InChI=1S/C15H23FN4O3S/c1-14(16)8-19(12(22)15(10-21)3-4-15)5-6-20(9-14)13-17-11(7-23-2)18-24-13/h21H,3-10H2,1-2H3. The number of ether oxygens (including phenoxy) is 1. The zero-order chi connectivity index (χ0) is 17.4. The van der Waals surface area contributed by atoms with Crippen LogP contribution in [0.5, 0.6) is 0 Å². The maximum atomic E-state index is 15.0. The van der Waals surface area contributed by atoms with Crippen LogP contribution in [0.15, 0.2) is 0 Å². The molecule has 1 aliphatic carbocycles. The molecule has 3 rings (SSSR count). The fourth-order valence-corrected chi connectivity index (χ4v) is 3.77. The number of hydrogen-bond donors (Lipinski definition) is 1. The molecular weight excluding hydrogens is 335 g/mol. The Morgan fingerprint density at radius 3 is 2.79 bits per heavy atom. The number of anilines is 1. The highest BCUT2D eigenvalue weighted by atomic mass is 32.1. The van der Waals surface area contributed by atoms with Gasteiger partial charge in [0.25, 0.3) is 0 Å². The predicted molar refractivity (Wildman–Crippen MR) is 87.7 cm³/mol. The van der Waals surface area contributed by atoms with Crippen molar-refractivity contribution in [2.45, 2.75) is 32.0 Å². The van der Waals surface area contributed by atoms with Gasteiger partial charge >= 0.3 is 0 Å². The number of aromatic nitrogens is 2. The first kappa shape index (κ1) is 17.5. The van der Waals surface area contributed by atoms with Gasteiger partial charge in [-0.1, -0.05) is 0 Å². The first-order chi connectivity index (χ1) is 11.4. The Balaban J connectivity index is 1.73. The molecule has 1 aliphatic heterocycles. The number of amides is 1. The molecule has 0 bridgehead atoms. The number of rotatable bonds is 5. The highest BCUT2D eigenvalue weighted by molar-refractivity contribution is 7.09. The zero-order valence-electron chi connectivity index (χ0n) is 14.0. The average Bonchev–Trinajstić information content (AvgIpc) is 3.24. The fraction of sp³-hybridized carbons (Fsp3) is 0.800. The molecule has 0 spiro atoms. The van der Waals surface area contributed by atoms with E-state index in [0.717, 1.165) is 0 Å². The molecule has 9 heteroatoms. The van der Waals surface area contributed by atoms with Crippen LogP contribution in [-0.2, 0) is 16.1 Å². The number of nitrogens with zero attached hydrogens (tertiary/aromatic N) is 4. The van der Waals surface area contributed by atoms with Gasteiger partial charge in [-0.15, -0.1) is 0 Å². The van der Waals surface area contributed by atoms with Gasteiger partial charge in [0.15, 0.2) is 5.82 Å². The summed E-state index contributed by atoms with van der Waals surface area (Å²) in [6, 6.07) is 0. The third-order valence-electron chi connectivity index (χ3n) is 4.58. The van der Waals surface area contributed by atoms with E-state index >= 15 is 0 Å². The molecule has 1 amide bonds. The lowest BCUT2D eigenvalue weighted by Crippen LogP contribution is -2.46. The van der Waals surface area contributed by atoms with Crippen LogP contribution in [0.1, 0.15) is 25.6 Å². The van der Waals surface area contributed by atoms with E-state index in [1.54, 1.807) is 12.0 Å². The largest absolute Gasteiger partial charge is 0.395 e. The molecule has 0 aromatic carbocycles. The number of hydrogen-bond acceptors (Lipinski definition) is 7. The molecule has 1 N–H and O–H groups in total. The molecule has 1 unspecified atom stereocenters. The van der Waals surface area contributed by atoms with Gasteiger partial charge in [-0.25, -0.2) is 9.37 Å². The maximum Gasteiger partial charge on any atom is 0.231 e. The second kappa shape index (κ2) is 6.53. The van der Waals surface area contributed by atoms with Crippen LogP contribution in [0.25, 0.3) is 0 Å². The van der Waals surface area contributed by atoms with E-state index in [0.29, 0.717) is 43.5 Å². The monoisotopic (exact) mass is 358 g/mol. The van der Waals surface area contributed by atoms with Crippen LogP contribution in [0, 0.1) is 5.41 Å². The van der Waals surface area contributed by atoms with Gasteiger partial charge in [0.2, 0.25) is 11.0 Å². The predicted octanol–water partition coefficient (Wildman–Crippen LogP) is 0.834. The van der Waals surface area contributed by atoms with Gasteiger partial charge in [0.05, 0.1) is 25.1 Å². The van der Waals surface area contributed by atoms with Gasteiger partial charge in [-0.2, -0.15) is 4.37 Å². The van der Waals surface area contributed by atoms with E-state index in [1.165, 1.54) is 18.5 Å². The summed E-state index contributed by atoms with van der Waals surface area (Å²) in [5.41, 5.74) is -2.22. The molecule has 2 heterocycles. The zero-order valence-corrected chi connectivity index (χ0v) is 14.8. The van der Waals surface area contributed by atoms with Crippen molar-refractivity contribution in [1.29, 1.82) is 0 Å². The van der Waals surface area contributed by atoms with Crippen molar-refractivity contribution < 1.29 is 19.0 Å². The Kier molecular flexibility index (Phi) is 4.76. The minimum absolute atomic E-state index is 0.0355. The summed E-state index contributed by atoms with van der Waals surface area (Å²) in [5.74, 6) is 0.445. The van der Waals surface area contributed by atoms with Crippen LogP contribution in [0.3, 0.4) is 0 Å². The number of halogens is 1. The first-order valence-electron chi connectivity index (χ1n) is 8.05. The van der Waals surface area contributed by atoms with Crippen LogP contribution < -0.4 is 4.90 Å². The van der Waals surface area contributed by atoms with E-state index in [1.807, 2.05) is 4.90 Å². The van der Waals surface area contributed by atoms with Gasteiger partial charge in [0, 0.05) is 31.7 Å². The number of aliphatic hydroxyl groups is 1. The Morgan fingerprint density at radius 2 is 2.17 bits per heavy atom. The highest BCUT2D eigenvalue weighted by Gasteiger charge is 2.52. The topological polar surface area (TPSA) is 78.8 Å². The molecule has 2 aliphatic rings. The number of aliphatic hydroxyl groups excluding tert-OH is 1. The van der Waals surface area contributed by atoms with E-state index in [2.05, 4.69) is 9.36 Å². The summed E-state index contributed by atoms with van der Waals surface area (Å²) < 4.78 is 24.2. The van der Waals surface area contributed by atoms with Crippen LogP contribution >= 0.6 is 11.5 Å². The smallest absolute Gasteiger partial charge is 0.231 e. The van der Waals surface area contributed by atoms with Crippen molar-refractivity contribution >= 4 is 22.6 Å². The van der Waals surface area contributed by atoms with Crippen molar-refractivity contribution in [3.63, 3.8) is 0 Å². The molecule has 1 atom stereocenters. The van der Waals surface area contributed by atoms with Gasteiger partial charge in [-0.3, -0.25) is 4.79 Å². The van der Waals surface area contributed by atoms with Gasteiger partial charge < -0.3 is 19.6 Å². The summed E-state index contributed by atoms with van der Waals surface area (Å²) in [4.78, 5) is 20.4. The third kappa shape index (κ3) is 3.52. The Morgan fingerprint density at radius 1 is 1.42 bits per heavy atom. The molecule has 7 nitrogen and oxygen atoms in total. The lowest BCUT2D eigenvalue weighted by Gasteiger charge is -2.29. The molecule has 0 radical (unpaired) electrons. The highest BCUT2D eigenvalue weighted by Crippen LogP contribution is 2.47. The van der Waals surface area contributed by atoms with E-state index < -0.39 is 11.1 Å². The maximum absolute atomic E-state index is 15.0. The SMILES string of the molecule is COCc1nsc(N2CCN(C(=O)C3(CO)CC3)CC(C)(F)C2)n1. The number of carbonyl (C=O) groups excluding carboxylic acids is 1. The molecule has 1 aromatic rings. The Bertz CT molecular complexity index is 605. The van der Waals surface area contributed by atoms with Crippen LogP contribution in [0.4, 0.5) is 9.52 Å². The summed E-state index contributed by atoms with van der Waals surface area (Å²) in [6.07, 6.45) is 1.37. The molecular formula is C15H23FN4O3S. The van der Waals surface area contributed by atoms with Crippen LogP contribution in [0.2, 0.25) is 0 Å². The van der Waals surface area contributed by atoms with Gasteiger partial charge in [-0.05, 0) is 19.8 Å². The summed E-state index contributed by atoms with van der Waals surface area (Å²) in [5, 5.41) is 10.1. The fourth-order valence-electron chi connectivity index (χ4n) is 3.07. The molecule has 134 valence electrons. The lowest BCUT2D eigenvalue weighted by molar-refractivity contribution is -0.139. The summed E-state index contributed by atoms with van der Waals surface area (Å²) >= 11 is 1.21. The molecule has 2 fully saturated rings. The average molecular weight is 358 g/mol.